The van der Waals surface area contributed by atoms with Crippen molar-refractivity contribution in [2.45, 2.75) is 32.8 Å². The van der Waals surface area contributed by atoms with Crippen molar-refractivity contribution in [2.24, 2.45) is 0 Å². The van der Waals surface area contributed by atoms with Crippen LogP contribution in [0.2, 0.25) is 0 Å². The highest BCUT2D eigenvalue weighted by atomic mass is 79.9. The number of hydrogen-bond acceptors (Lipinski definition) is 3. The fourth-order valence-electron chi connectivity index (χ4n) is 1.77. The van der Waals surface area contributed by atoms with E-state index in [2.05, 4.69) is 43.3 Å². The summed E-state index contributed by atoms with van der Waals surface area (Å²) in [5.41, 5.74) is 1.16. The maximum Gasteiger partial charge on any atom is 0.407 e. The van der Waals surface area contributed by atoms with Gasteiger partial charge in [0.05, 0.1) is 5.52 Å². The van der Waals surface area contributed by atoms with Gasteiger partial charge in [-0.15, -0.1) is 0 Å². The molecule has 2 aromatic rings. The molecule has 0 fully saturated rings. The van der Waals surface area contributed by atoms with Crippen LogP contribution in [0.15, 0.2) is 22.7 Å². The number of halogens is 1. The number of aromatic amines is 1. The quantitative estimate of drug-likeness (QED) is 0.632. The molecule has 0 saturated heterocycles. The molecule has 0 saturated carbocycles. The minimum absolute atomic E-state index is 0.425. The maximum absolute atomic E-state index is 11.5. The fourth-order valence-corrected chi connectivity index (χ4v) is 2.12. The van der Waals surface area contributed by atoms with Crippen LogP contribution in [0.5, 0.6) is 0 Å². The van der Waals surface area contributed by atoms with Crippen LogP contribution < -0.4 is 5.32 Å². The van der Waals surface area contributed by atoms with Crippen LogP contribution in [-0.2, 0) is 4.74 Å². The number of ether oxygens (including phenoxy) is 1. The Hall–Kier alpha value is -2.00. The number of carbonyl (C=O) groups is 1. The lowest BCUT2D eigenvalue weighted by atomic mass is 10.2. The molecule has 5 nitrogen and oxygen atoms in total. The van der Waals surface area contributed by atoms with E-state index in [0.29, 0.717) is 13.0 Å². The standard InChI is InChI=1S/C16H18BrN3O2/c1-16(2,3)22-15(21)18-9-5-4-6-13-12-8-7-11(17)10-14(12)20-19-13/h7-8,10H,5,9H2,1-3H3,(H,18,21)(H,19,20). The second-order valence-electron chi connectivity index (χ2n) is 5.74. The van der Waals surface area contributed by atoms with Crippen LogP contribution in [0.3, 0.4) is 0 Å². The van der Waals surface area contributed by atoms with Gasteiger partial charge in [0.2, 0.25) is 0 Å². The van der Waals surface area contributed by atoms with E-state index in [4.69, 9.17) is 4.74 Å². The first kappa shape index (κ1) is 16.4. The van der Waals surface area contributed by atoms with Gasteiger partial charge >= 0.3 is 6.09 Å². The van der Waals surface area contributed by atoms with E-state index in [1.165, 1.54) is 0 Å². The summed E-state index contributed by atoms with van der Waals surface area (Å²) in [6.45, 7) is 5.93. The molecule has 1 aromatic heterocycles. The highest BCUT2D eigenvalue weighted by Crippen LogP contribution is 2.19. The molecule has 0 unspecified atom stereocenters. The molecule has 0 aliphatic rings. The molecule has 22 heavy (non-hydrogen) atoms. The molecule has 2 N–H and O–H groups in total. The Kier molecular flexibility index (Phi) is 5.09. The number of hydrogen-bond donors (Lipinski definition) is 2. The van der Waals surface area contributed by atoms with Gasteiger partial charge < -0.3 is 10.1 Å². The number of alkyl carbamates (subject to hydrolysis) is 1. The first-order chi connectivity index (χ1) is 10.3. The van der Waals surface area contributed by atoms with Crippen LogP contribution in [-0.4, -0.2) is 28.4 Å². The molecule has 6 heteroatoms. The summed E-state index contributed by atoms with van der Waals surface area (Å²) < 4.78 is 6.12. The molecule has 116 valence electrons. The zero-order valence-corrected chi connectivity index (χ0v) is 14.4. The highest BCUT2D eigenvalue weighted by molar-refractivity contribution is 9.10. The number of carbonyl (C=O) groups excluding carboxylic acids is 1. The molecule has 0 radical (unpaired) electrons. The third-order valence-electron chi connectivity index (χ3n) is 2.65. The van der Waals surface area contributed by atoms with Gasteiger partial charge in [0.1, 0.15) is 11.3 Å². The normalized spacial score (nSPS) is 10.9. The molecule has 1 amide bonds. The molecular weight excluding hydrogens is 346 g/mol. The number of nitrogens with one attached hydrogen (secondary N) is 2. The molecule has 0 spiro atoms. The summed E-state index contributed by atoms with van der Waals surface area (Å²) in [6.07, 6.45) is 0.113. The average molecular weight is 364 g/mol. The first-order valence-corrected chi connectivity index (χ1v) is 7.74. The van der Waals surface area contributed by atoms with Crippen LogP contribution in [0.1, 0.15) is 32.9 Å². The number of aromatic nitrogens is 2. The van der Waals surface area contributed by atoms with Crippen molar-refractivity contribution >= 4 is 32.9 Å². The van der Waals surface area contributed by atoms with Crippen molar-refractivity contribution in [1.29, 1.82) is 0 Å². The summed E-state index contributed by atoms with van der Waals surface area (Å²) in [4.78, 5) is 11.5. The SMILES string of the molecule is CC(C)(C)OC(=O)NCCC#Cc1[nH]nc2cc(Br)ccc12. The van der Waals surface area contributed by atoms with E-state index >= 15 is 0 Å². The largest absolute Gasteiger partial charge is 0.444 e. The Bertz CT molecular complexity index is 735. The Morgan fingerprint density at radius 1 is 1.45 bits per heavy atom. The molecule has 1 heterocycles. The van der Waals surface area contributed by atoms with E-state index in [1.807, 2.05) is 39.0 Å². The van der Waals surface area contributed by atoms with Crippen molar-refractivity contribution in [2.75, 3.05) is 6.54 Å². The van der Waals surface area contributed by atoms with E-state index in [0.717, 1.165) is 21.1 Å². The molecule has 0 atom stereocenters. The Labute approximate surface area is 137 Å². The highest BCUT2D eigenvalue weighted by Gasteiger charge is 2.15. The third kappa shape index (κ3) is 4.78. The fraction of sp³-hybridized carbons (Fsp3) is 0.375. The van der Waals surface area contributed by atoms with E-state index in [-0.39, 0.29) is 0 Å². The molecule has 1 aromatic carbocycles. The number of amides is 1. The molecule has 0 aliphatic carbocycles. The first-order valence-electron chi connectivity index (χ1n) is 6.94. The number of fused-ring (bicyclic) bond motifs is 1. The second kappa shape index (κ2) is 6.84. The van der Waals surface area contributed by atoms with Gasteiger partial charge in [-0.2, -0.15) is 5.10 Å². The van der Waals surface area contributed by atoms with E-state index in [9.17, 15) is 4.79 Å². The van der Waals surface area contributed by atoms with Crippen molar-refractivity contribution in [3.63, 3.8) is 0 Å². The molecule has 0 aliphatic heterocycles. The lowest BCUT2D eigenvalue weighted by Crippen LogP contribution is -2.32. The summed E-state index contributed by atoms with van der Waals surface area (Å²) in [5, 5.41) is 10.8. The molecule has 0 bridgehead atoms. The molecule has 2 rings (SSSR count). The Balaban J connectivity index is 1.87. The zero-order chi connectivity index (χ0) is 16.2. The summed E-state index contributed by atoms with van der Waals surface area (Å²) in [6, 6.07) is 5.85. The van der Waals surface area contributed by atoms with Crippen LogP contribution in [0.25, 0.3) is 10.9 Å². The van der Waals surface area contributed by atoms with Gasteiger partial charge in [-0.25, -0.2) is 4.79 Å². The lowest BCUT2D eigenvalue weighted by molar-refractivity contribution is 0.0529. The van der Waals surface area contributed by atoms with Crippen molar-refractivity contribution < 1.29 is 9.53 Å². The van der Waals surface area contributed by atoms with Gasteiger partial charge in [0.25, 0.3) is 0 Å². The number of rotatable bonds is 2. The predicted molar refractivity (Wildman–Crippen MR) is 89.5 cm³/mol. The second-order valence-corrected chi connectivity index (χ2v) is 6.66. The van der Waals surface area contributed by atoms with Crippen molar-refractivity contribution in [1.82, 2.24) is 15.5 Å². The number of nitrogens with zero attached hydrogens (tertiary/aromatic N) is 1. The lowest BCUT2D eigenvalue weighted by Gasteiger charge is -2.19. The number of H-pyrrole nitrogens is 1. The van der Waals surface area contributed by atoms with Crippen LogP contribution >= 0.6 is 15.9 Å². The smallest absolute Gasteiger partial charge is 0.407 e. The Morgan fingerprint density at radius 3 is 2.95 bits per heavy atom. The maximum atomic E-state index is 11.5. The summed E-state index contributed by atoms with van der Waals surface area (Å²) in [7, 11) is 0. The minimum Gasteiger partial charge on any atom is -0.444 e. The monoisotopic (exact) mass is 363 g/mol. The molecular formula is C16H18BrN3O2. The van der Waals surface area contributed by atoms with Crippen LogP contribution in [0.4, 0.5) is 4.79 Å². The van der Waals surface area contributed by atoms with Gasteiger partial charge in [0.15, 0.2) is 0 Å². The van der Waals surface area contributed by atoms with E-state index < -0.39 is 11.7 Å². The topological polar surface area (TPSA) is 67.0 Å². The summed E-state index contributed by atoms with van der Waals surface area (Å²) >= 11 is 3.41. The van der Waals surface area contributed by atoms with Crippen LogP contribution in [0, 0.1) is 11.8 Å². The Morgan fingerprint density at radius 2 is 2.23 bits per heavy atom. The van der Waals surface area contributed by atoms with Gasteiger partial charge in [-0.3, -0.25) is 5.10 Å². The minimum atomic E-state index is -0.487. The van der Waals surface area contributed by atoms with E-state index in [1.54, 1.807) is 0 Å². The van der Waals surface area contributed by atoms with Gasteiger partial charge in [0, 0.05) is 22.8 Å². The van der Waals surface area contributed by atoms with Gasteiger partial charge in [-0.05, 0) is 44.9 Å². The number of benzene rings is 1. The van der Waals surface area contributed by atoms with Crippen molar-refractivity contribution in [3.8, 4) is 11.8 Å². The predicted octanol–water partition coefficient (Wildman–Crippen LogP) is 3.59. The average Bonchev–Trinajstić information content (AvgIpc) is 2.78. The third-order valence-corrected chi connectivity index (χ3v) is 3.14. The van der Waals surface area contributed by atoms with Gasteiger partial charge in [-0.1, -0.05) is 21.9 Å². The summed E-state index contributed by atoms with van der Waals surface area (Å²) in [5.74, 6) is 6.04. The zero-order valence-electron chi connectivity index (χ0n) is 12.8. The van der Waals surface area contributed by atoms with Crippen molar-refractivity contribution in [3.05, 3.63) is 28.4 Å².